The summed E-state index contributed by atoms with van der Waals surface area (Å²) in [5.41, 5.74) is 8.31. The minimum Gasteiger partial charge on any atom is -0.338 e. The smallest absolute Gasteiger partial charge is 0.254 e. The van der Waals surface area contributed by atoms with Gasteiger partial charge >= 0.3 is 0 Å². The predicted molar refractivity (Wildman–Crippen MR) is 97.0 cm³/mol. The van der Waals surface area contributed by atoms with Crippen molar-refractivity contribution in [2.24, 2.45) is 17.6 Å². The van der Waals surface area contributed by atoms with E-state index in [1.807, 2.05) is 17.9 Å². The topological polar surface area (TPSA) is 83.7 Å². The monoisotopic (exact) mass is 363 g/mol. The van der Waals surface area contributed by atoms with E-state index in [9.17, 15) is 13.2 Å². The highest BCUT2D eigenvalue weighted by Gasteiger charge is 2.42. The summed E-state index contributed by atoms with van der Waals surface area (Å²) in [6, 6.07) is 5.56. The number of carbonyl (C=O) groups excluding carboxylic acids is 1. The van der Waals surface area contributed by atoms with Crippen LogP contribution in [0.5, 0.6) is 0 Å². The largest absolute Gasteiger partial charge is 0.338 e. The van der Waals surface area contributed by atoms with Crippen LogP contribution in [0.25, 0.3) is 0 Å². The number of fused-ring (bicyclic) bond motifs is 1. The molecule has 136 valence electrons. The SMILES string of the molecule is Cc1cc(N2CCCS2(=O)=O)ccc1C(=O)N1CC2CCC(N)C2C1. The molecule has 2 aliphatic heterocycles. The average molecular weight is 363 g/mol. The Labute approximate surface area is 149 Å². The first kappa shape index (κ1) is 16.8. The lowest BCUT2D eigenvalue weighted by molar-refractivity contribution is 0.0779. The molecule has 0 radical (unpaired) electrons. The van der Waals surface area contributed by atoms with Gasteiger partial charge in [-0.25, -0.2) is 8.42 Å². The minimum absolute atomic E-state index is 0.0370. The standard InChI is InChI=1S/C18H25N3O3S/c1-12-9-14(21-7-2-8-25(21,23)24)4-5-15(12)18(22)20-10-13-3-6-17(19)16(13)11-20/h4-5,9,13,16-17H,2-3,6-8,10-11,19H2,1H3. The minimum atomic E-state index is -3.20. The summed E-state index contributed by atoms with van der Waals surface area (Å²) in [7, 11) is -3.20. The number of anilines is 1. The second-order valence-corrected chi connectivity index (χ2v) is 9.63. The number of nitrogens with zero attached hydrogens (tertiary/aromatic N) is 2. The lowest BCUT2D eigenvalue weighted by Crippen LogP contribution is -2.34. The van der Waals surface area contributed by atoms with Crippen molar-refractivity contribution in [3.63, 3.8) is 0 Å². The van der Waals surface area contributed by atoms with E-state index in [4.69, 9.17) is 5.73 Å². The van der Waals surface area contributed by atoms with Crippen LogP contribution < -0.4 is 10.0 Å². The molecular formula is C18H25N3O3S. The van der Waals surface area contributed by atoms with E-state index in [1.54, 1.807) is 12.1 Å². The predicted octanol–water partition coefficient (Wildman–Crippen LogP) is 1.34. The molecule has 3 atom stereocenters. The number of carbonyl (C=O) groups is 1. The maximum Gasteiger partial charge on any atom is 0.254 e. The van der Waals surface area contributed by atoms with Gasteiger partial charge in [0.2, 0.25) is 10.0 Å². The van der Waals surface area contributed by atoms with E-state index in [1.165, 1.54) is 4.31 Å². The van der Waals surface area contributed by atoms with Gasteiger partial charge in [0, 0.05) is 31.2 Å². The average Bonchev–Trinajstić information content (AvgIpc) is 3.22. The third kappa shape index (κ3) is 2.83. The first-order valence-corrected chi connectivity index (χ1v) is 10.6. The number of hydrogen-bond donors (Lipinski definition) is 1. The van der Waals surface area contributed by atoms with Crippen LogP contribution in [0.15, 0.2) is 18.2 Å². The molecule has 0 spiro atoms. The van der Waals surface area contributed by atoms with Crippen molar-refractivity contribution in [3.8, 4) is 0 Å². The zero-order chi connectivity index (χ0) is 17.8. The second-order valence-electron chi connectivity index (χ2n) is 7.62. The van der Waals surface area contributed by atoms with Gasteiger partial charge < -0.3 is 10.6 Å². The van der Waals surface area contributed by atoms with Crippen LogP contribution in [0.3, 0.4) is 0 Å². The molecule has 25 heavy (non-hydrogen) atoms. The highest BCUT2D eigenvalue weighted by atomic mass is 32.2. The lowest BCUT2D eigenvalue weighted by atomic mass is 9.98. The van der Waals surface area contributed by atoms with Crippen molar-refractivity contribution < 1.29 is 13.2 Å². The molecule has 1 saturated carbocycles. The summed E-state index contributed by atoms with van der Waals surface area (Å²) in [5.74, 6) is 1.20. The first-order chi connectivity index (χ1) is 11.9. The zero-order valence-electron chi connectivity index (χ0n) is 14.5. The van der Waals surface area contributed by atoms with Crippen molar-refractivity contribution in [1.82, 2.24) is 4.90 Å². The number of sulfonamides is 1. The van der Waals surface area contributed by atoms with Crippen molar-refractivity contribution >= 4 is 21.6 Å². The molecule has 3 aliphatic rings. The van der Waals surface area contributed by atoms with Gasteiger partial charge in [-0.15, -0.1) is 0 Å². The Bertz CT molecular complexity index is 808. The van der Waals surface area contributed by atoms with Crippen LogP contribution in [0.2, 0.25) is 0 Å². The molecule has 2 saturated heterocycles. The maximum absolute atomic E-state index is 12.9. The number of nitrogens with two attached hydrogens (primary N) is 1. The molecule has 0 bridgehead atoms. The first-order valence-electron chi connectivity index (χ1n) is 9.03. The Morgan fingerprint density at radius 2 is 2.04 bits per heavy atom. The Morgan fingerprint density at radius 3 is 2.68 bits per heavy atom. The highest BCUT2D eigenvalue weighted by molar-refractivity contribution is 7.93. The molecule has 3 unspecified atom stereocenters. The number of hydrogen-bond acceptors (Lipinski definition) is 4. The molecule has 0 aromatic heterocycles. The van der Waals surface area contributed by atoms with Crippen molar-refractivity contribution in [2.75, 3.05) is 29.7 Å². The van der Waals surface area contributed by atoms with Crippen LogP contribution in [-0.4, -0.2) is 50.7 Å². The van der Waals surface area contributed by atoms with E-state index in [-0.39, 0.29) is 17.7 Å². The summed E-state index contributed by atoms with van der Waals surface area (Å²) in [6.07, 6.45) is 2.83. The van der Waals surface area contributed by atoms with Gasteiger partial charge in [-0.3, -0.25) is 9.10 Å². The zero-order valence-corrected chi connectivity index (χ0v) is 15.3. The normalized spacial score (nSPS) is 30.7. The fourth-order valence-electron chi connectivity index (χ4n) is 4.62. The number of rotatable bonds is 2. The molecule has 1 aromatic rings. The Kier molecular flexibility index (Phi) is 4.03. The second kappa shape index (κ2) is 5.99. The Morgan fingerprint density at radius 1 is 1.24 bits per heavy atom. The van der Waals surface area contributed by atoms with E-state index < -0.39 is 10.0 Å². The molecule has 6 nitrogen and oxygen atoms in total. The Hall–Kier alpha value is -1.60. The Balaban J connectivity index is 1.54. The quantitative estimate of drug-likeness (QED) is 0.859. The molecule has 1 amide bonds. The molecule has 1 aromatic carbocycles. The summed E-state index contributed by atoms with van der Waals surface area (Å²) in [6.45, 7) is 3.93. The third-order valence-corrected chi connectivity index (χ3v) is 7.90. The maximum atomic E-state index is 12.9. The molecule has 4 rings (SSSR count). The summed E-state index contributed by atoms with van der Waals surface area (Å²) in [4.78, 5) is 14.8. The summed E-state index contributed by atoms with van der Waals surface area (Å²) < 4.78 is 25.6. The van der Waals surface area contributed by atoms with Crippen molar-refractivity contribution in [1.29, 1.82) is 0 Å². The van der Waals surface area contributed by atoms with Crippen LogP contribution in [0.1, 0.15) is 35.2 Å². The van der Waals surface area contributed by atoms with E-state index >= 15 is 0 Å². The summed E-state index contributed by atoms with van der Waals surface area (Å²) in [5, 5.41) is 0. The molecular weight excluding hydrogens is 338 g/mol. The van der Waals surface area contributed by atoms with Gasteiger partial charge in [-0.1, -0.05) is 0 Å². The fraction of sp³-hybridized carbons (Fsp3) is 0.611. The van der Waals surface area contributed by atoms with Crippen LogP contribution >= 0.6 is 0 Å². The molecule has 2 heterocycles. The lowest BCUT2D eigenvalue weighted by Gasteiger charge is -2.22. The number of benzene rings is 1. The summed E-state index contributed by atoms with van der Waals surface area (Å²) >= 11 is 0. The fourth-order valence-corrected chi connectivity index (χ4v) is 6.17. The van der Waals surface area contributed by atoms with Gasteiger partial charge in [0.15, 0.2) is 0 Å². The van der Waals surface area contributed by atoms with Gasteiger partial charge in [-0.2, -0.15) is 0 Å². The number of aryl methyl sites for hydroxylation is 1. The van der Waals surface area contributed by atoms with E-state index in [0.29, 0.717) is 36.1 Å². The number of likely N-dealkylation sites (tertiary alicyclic amines) is 1. The van der Waals surface area contributed by atoms with E-state index in [2.05, 4.69) is 0 Å². The molecule has 3 fully saturated rings. The van der Waals surface area contributed by atoms with Gasteiger partial charge in [-0.05, 0) is 61.8 Å². The highest BCUT2D eigenvalue weighted by Crippen LogP contribution is 2.38. The van der Waals surface area contributed by atoms with Gasteiger partial charge in [0.05, 0.1) is 11.4 Å². The van der Waals surface area contributed by atoms with Crippen LogP contribution in [0, 0.1) is 18.8 Å². The number of amides is 1. The van der Waals surface area contributed by atoms with Crippen LogP contribution in [0.4, 0.5) is 5.69 Å². The van der Waals surface area contributed by atoms with E-state index in [0.717, 1.165) is 31.5 Å². The molecule has 2 N–H and O–H groups in total. The van der Waals surface area contributed by atoms with Gasteiger partial charge in [0.1, 0.15) is 0 Å². The van der Waals surface area contributed by atoms with Gasteiger partial charge in [0.25, 0.3) is 5.91 Å². The van der Waals surface area contributed by atoms with Crippen LogP contribution in [-0.2, 0) is 10.0 Å². The molecule has 7 heteroatoms. The van der Waals surface area contributed by atoms with Crippen molar-refractivity contribution in [2.45, 2.75) is 32.2 Å². The third-order valence-electron chi connectivity index (χ3n) is 6.03. The van der Waals surface area contributed by atoms with Crippen molar-refractivity contribution in [3.05, 3.63) is 29.3 Å². The molecule has 1 aliphatic carbocycles.